The number of aryl methyl sites for hydroxylation is 2. The summed E-state index contributed by atoms with van der Waals surface area (Å²) in [5, 5.41) is 9.96. The largest absolute Gasteiger partial charge is 0.246 e. The zero-order valence-electron chi connectivity index (χ0n) is 9.77. The summed E-state index contributed by atoms with van der Waals surface area (Å²) in [6.07, 6.45) is 0. The molecule has 0 N–H and O–H groups in total. The third kappa shape index (κ3) is 2.86. The van der Waals surface area contributed by atoms with Gasteiger partial charge < -0.3 is 0 Å². The molecule has 0 unspecified atom stereocenters. The van der Waals surface area contributed by atoms with Crippen molar-refractivity contribution in [2.75, 3.05) is 0 Å². The summed E-state index contributed by atoms with van der Waals surface area (Å²) in [7, 11) is 0. The molecule has 0 saturated carbocycles. The van der Waals surface area contributed by atoms with Crippen LogP contribution in [0.5, 0.6) is 0 Å². The van der Waals surface area contributed by atoms with Crippen molar-refractivity contribution >= 4 is 11.8 Å². The molecule has 0 bridgehead atoms. The molecule has 2 aromatic rings. The average molecular weight is 240 g/mol. The van der Waals surface area contributed by atoms with Gasteiger partial charge >= 0.3 is 0 Å². The summed E-state index contributed by atoms with van der Waals surface area (Å²) < 4.78 is 0. The van der Waals surface area contributed by atoms with Gasteiger partial charge in [0.25, 0.3) is 0 Å². The summed E-state index contributed by atoms with van der Waals surface area (Å²) in [6, 6.07) is 13.9. The number of hydrogen-bond acceptors (Lipinski definition) is 3. The second-order valence-corrected chi connectivity index (χ2v) is 4.90. The molecule has 0 aliphatic carbocycles. The summed E-state index contributed by atoms with van der Waals surface area (Å²) in [5.41, 5.74) is 2.88. The van der Waals surface area contributed by atoms with Crippen LogP contribution in [0.25, 0.3) is 0 Å². The number of rotatable bonds is 2. The molecule has 1 aromatic heterocycles. The van der Waals surface area contributed by atoms with Crippen LogP contribution < -0.4 is 0 Å². The molecule has 0 aliphatic heterocycles. The fourth-order valence-electron chi connectivity index (χ4n) is 1.62. The predicted molar refractivity (Wildman–Crippen MR) is 69.0 cm³/mol. The van der Waals surface area contributed by atoms with Crippen molar-refractivity contribution in [1.29, 1.82) is 5.26 Å². The zero-order chi connectivity index (χ0) is 12.3. The summed E-state index contributed by atoms with van der Waals surface area (Å²) in [6.45, 7) is 4.03. The van der Waals surface area contributed by atoms with E-state index in [1.54, 1.807) is 0 Å². The van der Waals surface area contributed by atoms with Crippen LogP contribution >= 0.6 is 11.8 Å². The van der Waals surface area contributed by atoms with Gasteiger partial charge in [0.2, 0.25) is 0 Å². The van der Waals surface area contributed by atoms with Crippen LogP contribution in [0.4, 0.5) is 0 Å². The molecule has 0 spiro atoms. The van der Waals surface area contributed by atoms with Crippen LogP contribution in [-0.4, -0.2) is 4.98 Å². The van der Waals surface area contributed by atoms with E-state index < -0.39 is 0 Å². The Labute approximate surface area is 105 Å². The van der Waals surface area contributed by atoms with E-state index in [2.05, 4.69) is 18.0 Å². The zero-order valence-corrected chi connectivity index (χ0v) is 10.6. The van der Waals surface area contributed by atoms with Gasteiger partial charge in [0.15, 0.2) is 0 Å². The lowest BCUT2D eigenvalue weighted by Crippen LogP contribution is -1.88. The first-order chi connectivity index (χ1) is 8.19. The van der Waals surface area contributed by atoms with Crippen molar-refractivity contribution < 1.29 is 0 Å². The molecular formula is C14H12N2S. The molecule has 0 fully saturated rings. The maximum absolute atomic E-state index is 9.02. The van der Waals surface area contributed by atoms with Crippen LogP contribution in [0.2, 0.25) is 0 Å². The predicted octanol–water partition coefficient (Wildman–Crippen LogP) is 3.72. The molecule has 0 atom stereocenters. The van der Waals surface area contributed by atoms with E-state index in [1.165, 1.54) is 17.3 Å². The van der Waals surface area contributed by atoms with Crippen molar-refractivity contribution in [2.24, 2.45) is 0 Å². The lowest BCUT2D eigenvalue weighted by molar-refractivity contribution is 1.05. The Hall–Kier alpha value is -1.79. The Kier molecular flexibility index (Phi) is 3.46. The third-order valence-electron chi connectivity index (χ3n) is 2.30. The quantitative estimate of drug-likeness (QED) is 0.802. The van der Waals surface area contributed by atoms with Gasteiger partial charge in [0.1, 0.15) is 11.1 Å². The van der Waals surface area contributed by atoms with Crippen molar-refractivity contribution in [1.82, 2.24) is 4.98 Å². The minimum atomic E-state index is 0.693. The van der Waals surface area contributed by atoms with Gasteiger partial charge in [-0.15, -0.1) is 0 Å². The van der Waals surface area contributed by atoms with Gasteiger partial charge in [-0.2, -0.15) is 5.26 Å². The first kappa shape index (κ1) is 11.7. The Morgan fingerprint density at radius 1 is 1.18 bits per heavy atom. The van der Waals surface area contributed by atoms with Crippen molar-refractivity contribution in [2.45, 2.75) is 23.8 Å². The van der Waals surface area contributed by atoms with Gasteiger partial charge in [-0.3, -0.25) is 0 Å². The summed E-state index contributed by atoms with van der Waals surface area (Å²) in [4.78, 5) is 5.41. The number of nitrogens with zero attached hydrogens (tertiary/aromatic N) is 2. The van der Waals surface area contributed by atoms with Crippen LogP contribution in [0.3, 0.4) is 0 Å². The first-order valence-electron chi connectivity index (χ1n) is 5.31. The third-order valence-corrected chi connectivity index (χ3v) is 3.29. The highest BCUT2D eigenvalue weighted by atomic mass is 32.2. The van der Waals surface area contributed by atoms with Gasteiger partial charge in [0.05, 0.1) is 5.56 Å². The molecule has 17 heavy (non-hydrogen) atoms. The Morgan fingerprint density at radius 3 is 2.65 bits per heavy atom. The van der Waals surface area contributed by atoms with Crippen LogP contribution in [0.1, 0.15) is 16.8 Å². The van der Waals surface area contributed by atoms with Crippen LogP contribution in [-0.2, 0) is 0 Å². The van der Waals surface area contributed by atoms with E-state index in [4.69, 9.17) is 5.26 Å². The number of benzene rings is 1. The maximum atomic E-state index is 9.02. The average Bonchev–Trinajstić information content (AvgIpc) is 2.28. The standard InChI is InChI=1S/C14H12N2S/c1-10-7-11(2)16-14(8-10)17-13-6-4-3-5-12(13)9-15/h3-8H,1-2H3. The number of hydrogen-bond donors (Lipinski definition) is 0. The number of aromatic nitrogens is 1. The molecular weight excluding hydrogens is 228 g/mol. The minimum Gasteiger partial charge on any atom is -0.246 e. The number of nitriles is 1. The van der Waals surface area contributed by atoms with Crippen LogP contribution in [0, 0.1) is 25.2 Å². The molecule has 0 amide bonds. The minimum absolute atomic E-state index is 0.693. The smallest absolute Gasteiger partial charge is 0.101 e. The van der Waals surface area contributed by atoms with E-state index >= 15 is 0 Å². The highest BCUT2D eigenvalue weighted by Crippen LogP contribution is 2.29. The topological polar surface area (TPSA) is 36.7 Å². The van der Waals surface area contributed by atoms with E-state index in [0.717, 1.165) is 15.6 Å². The summed E-state index contributed by atoms with van der Waals surface area (Å²) in [5.74, 6) is 0. The molecule has 1 aromatic carbocycles. The molecule has 84 valence electrons. The Morgan fingerprint density at radius 2 is 1.94 bits per heavy atom. The second kappa shape index (κ2) is 5.03. The molecule has 2 nitrogen and oxygen atoms in total. The maximum Gasteiger partial charge on any atom is 0.101 e. The molecule has 2 rings (SSSR count). The highest BCUT2D eigenvalue weighted by Gasteiger charge is 2.05. The van der Waals surface area contributed by atoms with Gasteiger partial charge in [0, 0.05) is 10.6 Å². The first-order valence-corrected chi connectivity index (χ1v) is 6.13. The molecule has 1 heterocycles. The van der Waals surface area contributed by atoms with Crippen LogP contribution in [0.15, 0.2) is 46.3 Å². The van der Waals surface area contributed by atoms with Gasteiger partial charge in [-0.1, -0.05) is 23.9 Å². The lowest BCUT2D eigenvalue weighted by Gasteiger charge is -2.05. The summed E-state index contributed by atoms with van der Waals surface area (Å²) >= 11 is 1.53. The second-order valence-electron chi connectivity index (χ2n) is 3.83. The molecule has 0 aliphatic rings. The van der Waals surface area contributed by atoms with Crippen molar-refractivity contribution in [3.8, 4) is 6.07 Å². The Balaban J connectivity index is 2.35. The van der Waals surface area contributed by atoms with Gasteiger partial charge in [-0.05, 0) is 43.7 Å². The fourth-order valence-corrected chi connectivity index (χ4v) is 2.65. The monoisotopic (exact) mass is 240 g/mol. The van der Waals surface area contributed by atoms with Crippen molar-refractivity contribution in [3.63, 3.8) is 0 Å². The normalized spacial score (nSPS) is 9.94. The van der Waals surface area contributed by atoms with Crippen molar-refractivity contribution in [3.05, 3.63) is 53.2 Å². The highest BCUT2D eigenvalue weighted by molar-refractivity contribution is 7.99. The van der Waals surface area contributed by atoms with E-state index in [-0.39, 0.29) is 0 Å². The molecule has 0 radical (unpaired) electrons. The molecule has 0 saturated heterocycles. The fraction of sp³-hybridized carbons (Fsp3) is 0.143. The van der Waals surface area contributed by atoms with E-state index in [9.17, 15) is 0 Å². The van der Waals surface area contributed by atoms with E-state index in [0.29, 0.717) is 5.56 Å². The number of pyridine rings is 1. The lowest BCUT2D eigenvalue weighted by atomic mass is 10.2. The Bertz CT molecular complexity index is 565. The van der Waals surface area contributed by atoms with Gasteiger partial charge in [-0.25, -0.2) is 4.98 Å². The van der Waals surface area contributed by atoms with E-state index in [1.807, 2.05) is 43.3 Å². The molecule has 3 heteroatoms. The SMILES string of the molecule is Cc1cc(C)nc(Sc2ccccc2C#N)c1.